The van der Waals surface area contributed by atoms with Gasteiger partial charge in [0.1, 0.15) is 5.40 Å². The van der Waals surface area contributed by atoms with Crippen LogP contribution in [0.2, 0.25) is 0 Å². The van der Waals surface area contributed by atoms with Gasteiger partial charge < -0.3 is 0 Å². The Kier molecular flexibility index (Phi) is 2.80. The molecule has 0 bridgehead atoms. The first kappa shape index (κ1) is 8.58. The lowest BCUT2D eigenvalue weighted by Crippen LogP contribution is -2.04. The number of allylic oxidation sites excluding steroid dienone is 1. The third kappa shape index (κ3) is 3.21. The number of rotatable bonds is 1. The fourth-order valence-corrected chi connectivity index (χ4v) is 0.625. The molecule has 0 aliphatic rings. The molecule has 0 saturated carbocycles. The van der Waals surface area contributed by atoms with E-state index in [0.717, 1.165) is 16.7 Å². The average molecular weight is 141 g/mol. The summed E-state index contributed by atoms with van der Waals surface area (Å²) in [6.45, 7) is 9.88. The van der Waals surface area contributed by atoms with Crippen LogP contribution in [0, 0.1) is 16.1 Å². The summed E-state index contributed by atoms with van der Waals surface area (Å²) in [4.78, 5) is 0.921. The van der Waals surface area contributed by atoms with Crippen molar-refractivity contribution in [3.05, 3.63) is 11.5 Å². The monoisotopic (exact) mass is 141 g/mol. The maximum atomic E-state index is 8.25. The van der Waals surface area contributed by atoms with Crippen molar-refractivity contribution in [1.82, 2.24) is 0 Å². The molecule has 0 aromatic heterocycles. The predicted octanol–water partition coefficient (Wildman–Crippen LogP) is 2.76. The highest BCUT2D eigenvalue weighted by atomic mass is 32.2. The molecule has 0 rings (SSSR count). The average Bonchev–Trinajstić information content (AvgIpc) is 1.64. The van der Waals surface area contributed by atoms with Crippen molar-refractivity contribution < 1.29 is 0 Å². The van der Waals surface area contributed by atoms with Crippen molar-refractivity contribution in [3.63, 3.8) is 0 Å². The van der Waals surface area contributed by atoms with Crippen LogP contribution >= 0.6 is 11.8 Å². The largest absolute Gasteiger partial charge is 0.185 e. The summed E-state index contributed by atoms with van der Waals surface area (Å²) in [7, 11) is 0. The van der Waals surface area contributed by atoms with E-state index < -0.39 is 0 Å². The fourth-order valence-electron chi connectivity index (χ4n) is 0.208. The van der Waals surface area contributed by atoms with Gasteiger partial charge in [-0.15, -0.1) is 0 Å². The van der Waals surface area contributed by atoms with Gasteiger partial charge in [0.15, 0.2) is 0 Å². The van der Waals surface area contributed by atoms with Gasteiger partial charge in [-0.1, -0.05) is 27.4 Å². The van der Waals surface area contributed by atoms with Crippen molar-refractivity contribution in [1.29, 1.82) is 5.26 Å². The molecule has 2 heteroatoms. The maximum Gasteiger partial charge on any atom is 0.138 e. The highest BCUT2D eigenvalue weighted by molar-refractivity contribution is 8.07. The number of hydrogen-bond acceptors (Lipinski definition) is 2. The van der Waals surface area contributed by atoms with Crippen LogP contribution < -0.4 is 0 Å². The highest BCUT2D eigenvalue weighted by Gasteiger charge is 2.14. The SMILES string of the molecule is C=C(SC#N)C(C)(C)C. The summed E-state index contributed by atoms with van der Waals surface area (Å²) in [5, 5.41) is 10.2. The Morgan fingerprint density at radius 1 is 1.56 bits per heavy atom. The molecule has 0 aliphatic heterocycles. The molecule has 0 amide bonds. The molecule has 1 nitrogen and oxygen atoms in total. The Labute approximate surface area is 60.8 Å². The molecule has 0 atom stereocenters. The normalized spacial score (nSPS) is 10.4. The van der Waals surface area contributed by atoms with E-state index >= 15 is 0 Å². The lowest BCUT2D eigenvalue weighted by atomic mass is 9.97. The minimum absolute atomic E-state index is 0.0559. The molecular weight excluding hydrogens is 130 g/mol. The van der Waals surface area contributed by atoms with Crippen LogP contribution in [0.15, 0.2) is 11.5 Å². The lowest BCUT2D eigenvalue weighted by Gasteiger charge is -2.17. The summed E-state index contributed by atoms with van der Waals surface area (Å²) >= 11 is 1.15. The first-order valence-corrected chi connectivity index (χ1v) is 3.55. The zero-order valence-electron chi connectivity index (χ0n) is 6.06. The van der Waals surface area contributed by atoms with E-state index in [0.29, 0.717) is 0 Å². The van der Waals surface area contributed by atoms with Crippen LogP contribution in [-0.4, -0.2) is 0 Å². The van der Waals surface area contributed by atoms with Crippen LogP contribution in [0.4, 0.5) is 0 Å². The summed E-state index contributed by atoms with van der Waals surface area (Å²) in [6, 6.07) is 0. The van der Waals surface area contributed by atoms with Gasteiger partial charge in [0.2, 0.25) is 0 Å². The minimum atomic E-state index is 0.0559. The lowest BCUT2D eigenvalue weighted by molar-refractivity contribution is 0.535. The van der Waals surface area contributed by atoms with Gasteiger partial charge in [0.25, 0.3) is 0 Å². The molecule has 0 spiro atoms. The Morgan fingerprint density at radius 3 is 2.11 bits per heavy atom. The van der Waals surface area contributed by atoms with E-state index in [2.05, 4.69) is 6.58 Å². The molecule has 0 N–H and O–H groups in total. The number of nitriles is 1. The second-order valence-corrected chi connectivity index (χ2v) is 3.75. The summed E-state index contributed by atoms with van der Waals surface area (Å²) in [6.07, 6.45) is 0. The topological polar surface area (TPSA) is 23.8 Å². The molecule has 0 aromatic carbocycles. The second kappa shape index (κ2) is 2.93. The van der Waals surface area contributed by atoms with Gasteiger partial charge in [0.05, 0.1) is 0 Å². The number of hydrogen-bond donors (Lipinski definition) is 0. The number of thioether (sulfide) groups is 1. The first-order chi connectivity index (χ1) is 3.98. The third-order valence-corrected chi connectivity index (χ3v) is 1.96. The summed E-state index contributed by atoms with van der Waals surface area (Å²) < 4.78 is 0. The minimum Gasteiger partial charge on any atom is -0.185 e. The van der Waals surface area contributed by atoms with Gasteiger partial charge in [-0.2, -0.15) is 5.26 Å². The van der Waals surface area contributed by atoms with Crippen LogP contribution in [0.5, 0.6) is 0 Å². The van der Waals surface area contributed by atoms with E-state index in [-0.39, 0.29) is 5.41 Å². The molecular formula is C7H11NS. The van der Waals surface area contributed by atoms with Gasteiger partial charge >= 0.3 is 0 Å². The van der Waals surface area contributed by atoms with Crippen molar-refractivity contribution in [2.45, 2.75) is 20.8 Å². The van der Waals surface area contributed by atoms with Crippen molar-refractivity contribution in [3.8, 4) is 5.40 Å². The Balaban J connectivity index is 3.93. The molecule has 9 heavy (non-hydrogen) atoms. The molecule has 0 fully saturated rings. The van der Waals surface area contributed by atoms with E-state index in [4.69, 9.17) is 5.26 Å². The van der Waals surface area contributed by atoms with E-state index in [1.165, 1.54) is 0 Å². The third-order valence-electron chi connectivity index (χ3n) is 1.01. The molecule has 50 valence electrons. The molecule has 0 unspecified atom stereocenters. The van der Waals surface area contributed by atoms with Crippen LogP contribution in [0.1, 0.15) is 20.8 Å². The molecule has 0 aliphatic carbocycles. The zero-order chi connectivity index (χ0) is 7.49. The fraction of sp³-hybridized carbons (Fsp3) is 0.571. The van der Waals surface area contributed by atoms with Crippen molar-refractivity contribution >= 4 is 11.8 Å². The molecule has 0 radical (unpaired) electrons. The number of nitrogens with zero attached hydrogens (tertiary/aromatic N) is 1. The zero-order valence-corrected chi connectivity index (χ0v) is 6.88. The molecule has 0 saturated heterocycles. The quantitative estimate of drug-likeness (QED) is 0.524. The van der Waals surface area contributed by atoms with Gasteiger partial charge in [-0.25, -0.2) is 0 Å². The second-order valence-electron chi connectivity index (χ2n) is 2.87. The molecule has 0 heterocycles. The van der Waals surface area contributed by atoms with E-state index in [1.54, 1.807) is 0 Å². The van der Waals surface area contributed by atoms with Crippen LogP contribution in [0.25, 0.3) is 0 Å². The molecule has 0 aromatic rings. The first-order valence-electron chi connectivity index (χ1n) is 2.74. The maximum absolute atomic E-state index is 8.25. The van der Waals surface area contributed by atoms with E-state index in [9.17, 15) is 0 Å². The Hall–Kier alpha value is -0.420. The summed E-state index contributed by atoms with van der Waals surface area (Å²) in [5.41, 5.74) is 0.0559. The number of thiocyanates is 1. The van der Waals surface area contributed by atoms with Crippen LogP contribution in [0.3, 0.4) is 0 Å². The van der Waals surface area contributed by atoms with E-state index in [1.807, 2.05) is 26.2 Å². The van der Waals surface area contributed by atoms with Crippen molar-refractivity contribution in [2.24, 2.45) is 5.41 Å². The van der Waals surface area contributed by atoms with Gasteiger partial charge in [-0.3, -0.25) is 0 Å². The van der Waals surface area contributed by atoms with Gasteiger partial charge in [-0.05, 0) is 22.1 Å². The highest BCUT2D eigenvalue weighted by Crippen LogP contribution is 2.31. The van der Waals surface area contributed by atoms with Gasteiger partial charge in [0, 0.05) is 0 Å². The van der Waals surface area contributed by atoms with Crippen molar-refractivity contribution in [2.75, 3.05) is 0 Å². The Bertz CT molecular complexity index is 147. The standard InChI is InChI=1S/C7H11NS/c1-6(9-5-8)7(2,3)4/h1H2,2-4H3. The summed E-state index contributed by atoms with van der Waals surface area (Å²) in [5.74, 6) is 0. The van der Waals surface area contributed by atoms with Crippen LogP contribution in [-0.2, 0) is 0 Å². The Morgan fingerprint density at radius 2 is 2.00 bits per heavy atom. The predicted molar refractivity (Wildman–Crippen MR) is 41.8 cm³/mol. The smallest absolute Gasteiger partial charge is 0.138 e.